The first-order chi connectivity index (χ1) is 7.40. The monoisotopic (exact) mass is 205 g/mol. The molecule has 2 saturated carbocycles. The molecule has 3 nitrogen and oxygen atoms in total. The largest absolute Gasteiger partial charge is 0.349 e. The second-order valence-electron chi connectivity index (χ2n) is 4.97. The molecule has 2 N–H and O–H groups in total. The van der Waals surface area contributed by atoms with Crippen molar-refractivity contribution in [2.45, 2.75) is 31.7 Å². The Morgan fingerprint density at radius 2 is 2.33 bits per heavy atom. The molecule has 3 unspecified atom stereocenters. The highest BCUT2D eigenvalue weighted by Crippen LogP contribution is 2.59. The van der Waals surface area contributed by atoms with E-state index in [1.54, 1.807) is 0 Å². The van der Waals surface area contributed by atoms with E-state index in [0.717, 1.165) is 30.0 Å². The fraction of sp³-hybridized carbons (Fsp3) is 0.750. The van der Waals surface area contributed by atoms with Crippen LogP contribution >= 0.6 is 0 Å². The van der Waals surface area contributed by atoms with Gasteiger partial charge in [0.05, 0.1) is 0 Å². The lowest BCUT2D eigenvalue weighted by Gasteiger charge is -2.16. The van der Waals surface area contributed by atoms with E-state index >= 15 is 0 Å². The van der Waals surface area contributed by atoms with Gasteiger partial charge >= 0.3 is 0 Å². The molecule has 82 valence electrons. The first-order valence-corrected chi connectivity index (χ1v) is 6.05. The summed E-state index contributed by atoms with van der Waals surface area (Å²) in [5, 5.41) is 3.47. The van der Waals surface area contributed by atoms with E-state index in [4.69, 9.17) is 0 Å². The molecule has 0 radical (unpaired) electrons. The van der Waals surface area contributed by atoms with Gasteiger partial charge < -0.3 is 10.3 Å². The Kier molecular flexibility index (Phi) is 2.28. The van der Waals surface area contributed by atoms with Crippen molar-refractivity contribution in [2.75, 3.05) is 7.05 Å². The Balaban J connectivity index is 1.63. The lowest BCUT2D eigenvalue weighted by molar-refractivity contribution is 0.423. The summed E-state index contributed by atoms with van der Waals surface area (Å²) < 4.78 is 0. The molecule has 15 heavy (non-hydrogen) atoms. The fourth-order valence-electron chi connectivity index (χ4n) is 3.52. The average molecular weight is 205 g/mol. The number of fused-ring (bicyclic) bond motifs is 1. The summed E-state index contributed by atoms with van der Waals surface area (Å²) >= 11 is 0. The zero-order chi connectivity index (χ0) is 10.3. The van der Waals surface area contributed by atoms with Crippen LogP contribution in [0.3, 0.4) is 0 Å². The number of nitrogens with zero attached hydrogens (tertiary/aromatic N) is 1. The van der Waals surface area contributed by atoms with Gasteiger partial charge in [0, 0.05) is 24.9 Å². The molecule has 0 aliphatic heterocycles. The van der Waals surface area contributed by atoms with E-state index in [-0.39, 0.29) is 0 Å². The van der Waals surface area contributed by atoms with Crippen molar-refractivity contribution in [3.8, 4) is 0 Å². The topological polar surface area (TPSA) is 40.7 Å². The Labute approximate surface area is 90.7 Å². The van der Waals surface area contributed by atoms with E-state index in [9.17, 15) is 0 Å². The van der Waals surface area contributed by atoms with Crippen molar-refractivity contribution in [1.82, 2.24) is 15.3 Å². The molecular weight excluding hydrogens is 186 g/mol. The van der Waals surface area contributed by atoms with Crippen LogP contribution in [0, 0.1) is 17.8 Å². The molecule has 1 heterocycles. The van der Waals surface area contributed by atoms with E-state index in [1.807, 2.05) is 12.4 Å². The summed E-state index contributed by atoms with van der Waals surface area (Å²) in [5.74, 6) is 4.10. The van der Waals surface area contributed by atoms with Crippen LogP contribution in [0.4, 0.5) is 0 Å². The summed E-state index contributed by atoms with van der Waals surface area (Å²) in [6.45, 7) is 0. The third-order valence-corrected chi connectivity index (χ3v) is 4.28. The van der Waals surface area contributed by atoms with Crippen molar-refractivity contribution in [3.63, 3.8) is 0 Å². The second kappa shape index (κ2) is 3.63. The van der Waals surface area contributed by atoms with Crippen LogP contribution in [-0.2, 0) is 6.42 Å². The van der Waals surface area contributed by atoms with E-state index in [2.05, 4.69) is 22.3 Å². The van der Waals surface area contributed by atoms with Gasteiger partial charge in [0.25, 0.3) is 0 Å². The molecule has 2 fully saturated rings. The van der Waals surface area contributed by atoms with Gasteiger partial charge in [-0.25, -0.2) is 4.98 Å². The number of rotatable bonds is 4. The number of nitrogens with one attached hydrogen (secondary N) is 2. The summed E-state index contributed by atoms with van der Waals surface area (Å²) in [6, 6.07) is 0.631. The van der Waals surface area contributed by atoms with Crippen LogP contribution < -0.4 is 5.32 Å². The number of aromatic amines is 1. The number of hydrogen-bond acceptors (Lipinski definition) is 2. The summed E-state index contributed by atoms with van der Waals surface area (Å²) in [7, 11) is 2.08. The predicted molar refractivity (Wildman–Crippen MR) is 59.5 cm³/mol. The molecule has 3 rings (SSSR count). The highest BCUT2D eigenvalue weighted by Gasteiger charge is 2.55. The molecule has 0 spiro atoms. The number of imidazole rings is 1. The number of aromatic nitrogens is 2. The van der Waals surface area contributed by atoms with Crippen molar-refractivity contribution in [3.05, 3.63) is 18.2 Å². The molecule has 0 bridgehead atoms. The first kappa shape index (κ1) is 9.40. The van der Waals surface area contributed by atoms with Crippen molar-refractivity contribution >= 4 is 0 Å². The SMILES string of the molecule is CNC(Cc1ncc[nH]1)C1C2CCCC21. The van der Waals surface area contributed by atoms with Gasteiger partial charge in [0.2, 0.25) is 0 Å². The van der Waals surface area contributed by atoms with Crippen LogP contribution in [0.5, 0.6) is 0 Å². The lowest BCUT2D eigenvalue weighted by atomic mass is 10.0. The maximum absolute atomic E-state index is 4.31. The van der Waals surface area contributed by atoms with Crippen LogP contribution in [-0.4, -0.2) is 23.1 Å². The van der Waals surface area contributed by atoms with E-state index in [0.29, 0.717) is 6.04 Å². The molecule has 0 amide bonds. The van der Waals surface area contributed by atoms with Gasteiger partial charge in [-0.3, -0.25) is 0 Å². The predicted octanol–water partition coefficient (Wildman–Crippen LogP) is 1.59. The summed E-state index contributed by atoms with van der Waals surface area (Å²) in [4.78, 5) is 7.51. The third kappa shape index (κ3) is 1.59. The number of likely N-dealkylation sites (N-methyl/N-ethyl adjacent to an activating group) is 1. The summed E-state index contributed by atoms with van der Waals surface area (Å²) in [5.41, 5.74) is 0. The maximum atomic E-state index is 4.31. The molecular formula is C12H19N3. The molecule has 0 saturated heterocycles. The maximum Gasteiger partial charge on any atom is 0.107 e. The summed E-state index contributed by atoms with van der Waals surface area (Å²) in [6.07, 6.45) is 9.20. The van der Waals surface area contributed by atoms with Crippen LogP contribution in [0.2, 0.25) is 0 Å². The van der Waals surface area contributed by atoms with Crippen molar-refractivity contribution in [2.24, 2.45) is 17.8 Å². The minimum absolute atomic E-state index is 0.631. The Bertz CT molecular complexity index is 310. The zero-order valence-electron chi connectivity index (χ0n) is 9.24. The highest BCUT2D eigenvalue weighted by molar-refractivity contribution is 5.08. The average Bonchev–Trinajstić information content (AvgIpc) is 2.73. The Morgan fingerprint density at radius 1 is 1.53 bits per heavy atom. The molecule has 3 heteroatoms. The Hall–Kier alpha value is -0.830. The minimum atomic E-state index is 0.631. The third-order valence-electron chi connectivity index (χ3n) is 4.28. The van der Waals surface area contributed by atoms with Gasteiger partial charge in [-0.05, 0) is 37.6 Å². The van der Waals surface area contributed by atoms with E-state index in [1.165, 1.54) is 19.3 Å². The lowest BCUT2D eigenvalue weighted by Crippen LogP contribution is -2.32. The van der Waals surface area contributed by atoms with Gasteiger partial charge in [0.15, 0.2) is 0 Å². The van der Waals surface area contributed by atoms with Crippen LogP contribution in [0.15, 0.2) is 12.4 Å². The first-order valence-electron chi connectivity index (χ1n) is 6.05. The molecule has 0 aromatic carbocycles. The van der Waals surface area contributed by atoms with Crippen LogP contribution in [0.25, 0.3) is 0 Å². The molecule has 1 aromatic rings. The van der Waals surface area contributed by atoms with E-state index < -0.39 is 0 Å². The minimum Gasteiger partial charge on any atom is -0.349 e. The van der Waals surface area contributed by atoms with Gasteiger partial charge in [-0.2, -0.15) is 0 Å². The van der Waals surface area contributed by atoms with Crippen molar-refractivity contribution < 1.29 is 0 Å². The number of hydrogen-bond donors (Lipinski definition) is 2. The smallest absolute Gasteiger partial charge is 0.107 e. The van der Waals surface area contributed by atoms with Gasteiger partial charge in [0.1, 0.15) is 5.82 Å². The molecule has 2 aliphatic carbocycles. The molecule has 3 atom stereocenters. The van der Waals surface area contributed by atoms with Crippen molar-refractivity contribution in [1.29, 1.82) is 0 Å². The van der Waals surface area contributed by atoms with Gasteiger partial charge in [-0.15, -0.1) is 0 Å². The van der Waals surface area contributed by atoms with Gasteiger partial charge in [-0.1, -0.05) is 6.42 Å². The normalized spacial score (nSPS) is 35.1. The zero-order valence-corrected chi connectivity index (χ0v) is 9.24. The molecule has 2 aliphatic rings. The van der Waals surface area contributed by atoms with Crippen LogP contribution in [0.1, 0.15) is 25.1 Å². The Morgan fingerprint density at radius 3 is 2.93 bits per heavy atom. The number of H-pyrrole nitrogens is 1. The second-order valence-corrected chi connectivity index (χ2v) is 4.97. The quantitative estimate of drug-likeness (QED) is 0.783. The standard InChI is InChI=1S/C12H19N3/c1-13-10(7-11-14-5-6-15-11)12-8-3-2-4-9(8)12/h5-6,8-10,12-13H,2-4,7H2,1H3,(H,14,15). The molecule has 1 aromatic heterocycles. The fourth-order valence-corrected chi connectivity index (χ4v) is 3.52. The highest BCUT2D eigenvalue weighted by atomic mass is 14.9.